The summed E-state index contributed by atoms with van der Waals surface area (Å²) in [6.07, 6.45) is 3.90. The molecule has 0 fully saturated rings. The van der Waals surface area contributed by atoms with Crippen molar-refractivity contribution in [1.29, 1.82) is 10.5 Å². The van der Waals surface area contributed by atoms with E-state index in [0.717, 1.165) is 53.1 Å². The fourth-order valence-electron chi connectivity index (χ4n) is 6.82. The van der Waals surface area contributed by atoms with Crippen LogP contribution in [0.25, 0.3) is 65.7 Å². The molecule has 0 saturated carbocycles. The van der Waals surface area contributed by atoms with Gasteiger partial charge < -0.3 is 4.42 Å². The second kappa shape index (κ2) is 11.7. The van der Waals surface area contributed by atoms with Crippen LogP contribution in [0.2, 0.25) is 0 Å². The molecule has 46 heavy (non-hydrogen) atoms. The van der Waals surface area contributed by atoms with Crippen LogP contribution in [0.1, 0.15) is 50.7 Å². The number of pyridine rings is 1. The molecule has 0 radical (unpaired) electrons. The molecule has 2 heterocycles. The maximum atomic E-state index is 14.4. The van der Waals surface area contributed by atoms with Crippen molar-refractivity contribution in [3.05, 3.63) is 117 Å². The molecule has 0 bridgehead atoms. The molecule has 224 valence electrons. The highest BCUT2D eigenvalue weighted by atomic mass is 16.3. The summed E-state index contributed by atoms with van der Waals surface area (Å²) in [6.45, 7) is 4.62. The lowest BCUT2D eigenvalue weighted by molar-refractivity contribution is 0.382. The monoisotopic (exact) mass is 601 g/mol. The molecule has 0 aliphatic carbocycles. The van der Waals surface area contributed by atoms with Gasteiger partial charge in [0.25, 0.3) is 11.1 Å². The van der Waals surface area contributed by atoms with Crippen LogP contribution in [0.5, 0.6) is 0 Å². The Kier molecular flexibility index (Phi) is 7.35. The van der Waals surface area contributed by atoms with Crippen molar-refractivity contribution in [3.8, 4) is 34.4 Å². The Bertz CT molecular complexity index is 2440. The highest BCUT2D eigenvalue weighted by molar-refractivity contribution is 6.32. The molecule has 1 unspecified atom stereocenters. The molecule has 6 nitrogen and oxygen atoms in total. The topological polar surface area (TPSA) is 99.8 Å². The van der Waals surface area contributed by atoms with Crippen LogP contribution < -0.4 is 11.1 Å². The van der Waals surface area contributed by atoms with E-state index in [4.69, 9.17) is 4.42 Å². The third kappa shape index (κ3) is 4.62. The van der Waals surface area contributed by atoms with Gasteiger partial charge >= 0.3 is 0 Å². The number of nitriles is 2. The van der Waals surface area contributed by atoms with Gasteiger partial charge in [-0.15, -0.1) is 0 Å². The van der Waals surface area contributed by atoms with E-state index in [1.807, 2.05) is 60.7 Å². The van der Waals surface area contributed by atoms with Gasteiger partial charge in [-0.3, -0.25) is 14.2 Å². The summed E-state index contributed by atoms with van der Waals surface area (Å²) in [7, 11) is 0. The van der Waals surface area contributed by atoms with Crippen LogP contribution in [-0.2, 0) is 6.54 Å². The molecule has 0 aliphatic rings. The van der Waals surface area contributed by atoms with Crippen LogP contribution in [0.3, 0.4) is 0 Å². The van der Waals surface area contributed by atoms with Gasteiger partial charge in [-0.2, -0.15) is 10.5 Å². The zero-order valence-electron chi connectivity index (χ0n) is 25.8. The molecule has 6 heteroatoms. The molecular formula is C40H31N3O3. The minimum atomic E-state index is -0.301. The lowest BCUT2D eigenvalue weighted by Crippen LogP contribution is -2.35. The minimum absolute atomic E-state index is 0.202. The fourth-order valence-corrected chi connectivity index (χ4v) is 6.82. The summed E-state index contributed by atoms with van der Waals surface area (Å²) in [4.78, 5) is 28.8. The Morgan fingerprint density at radius 3 is 1.89 bits per heavy atom. The van der Waals surface area contributed by atoms with Crippen molar-refractivity contribution in [2.45, 2.75) is 46.1 Å². The zero-order valence-corrected chi connectivity index (χ0v) is 25.8. The summed E-state index contributed by atoms with van der Waals surface area (Å²) in [5.74, 6) is 0.202. The number of nitrogens with zero attached hydrogens (tertiary/aromatic N) is 3. The van der Waals surface area contributed by atoms with Crippen molar-refractivity contribution >= 4 is 43.5 Å². The molecule has 2 aromatic heterocycles. The van der Waals surface area contributed by atoms with Crippen LogP contribution >= 0.6 is 0 Å². The first-order chi connectivity index (χ1) is 22.5. The normalized spacial score (nSPS) is 12.2. The molecule has 7 rings (SSSR count). The number of fused-ring (bicyclic) bond motifs is 2. The molecule has 7 aromatic rings. The third-order valence-electron chi connectivity index (χ3n) is 9.31. The predicted octanol–water partition coefficient (Wildman–Crippen LogP) is 9.15. The summed E-state index contributed by atoms with van der Waals surface area (Å²) >= 11 is 0. The number of benzene rings is 5. The molecule has 0 amide bonds. The van der Waals surface area contributed by atoms with Gasteiger partial charge in [0.1, 0.15) is 11.2 Å². The lowest BCUT2D eigenvalue weighted by Gasteiger charge is -2.21. The van der Waals surface area contributed by atoms with E-state index in [1.54, 1.807) is 24.3 Å². The fraction of sp³-hybridized carbons (Fsp3) is 0.200. The van der Waals surface area contributed by atoms with Crippen molar-refractivity contribution in [2.24, 2.45) is 5.92 Å². The average molecular weight is 602 g/mol. The summed E-state index contributed by atoms with van der Waals surface area (Å²) in [5, 5.41) is 22.9. The second-order valence-electron chi connectivity index (χ2n) is 12.0. The number of rotatable bonds is 8. The lowest BCUT2D eigenvalue weighted by atomic mass is 9.87. The Morgan fingerprint density at radius 2 is 1.30 bits per heavy atom. The van der Waals surface area contributed by atoms with E-state index in [2.05, 4.69) is 26.0 Å². The first-order valence-electron chi connectivity index (χ1n) is 15.8. The summed E-state index contributed by atoms with van der Waals surface area (Å²) < 4.78 is 8.11. The number of hydrogen-bond donors (Lipinski definition) is 0. The molecule has 1 atom stereocenters. The number of unbranched alkanes of at least 4 members (excludes halogenated alkanes) is 1. The van der Waals surface area contributed by atoms with Crippen molar-refractivity contribution in [1.82, 2.24) is 4.57 Å². The maximum Gasteiger partial charge on any atom is 0.261 e. The molecular weight excluding hydrogens is 570 g/mol. The third-order valence-corrected chi connectivity index (χ3v) is 9.31. The standard InChI is InChI=1S/C40H31N3O3/c1-3-5-8-24(4-2)23-43-39(44)32-19-30(27-15-11-25(21-41)12-16-27)35-29-9-6-7-10-34(29)46-38-31(28-17-13-26(22-42)14-18-28)20-33(40(43)45)36(32)37(35)38/h6-7,9-20,24H,3-5,8,23H2,1-2H3. The molecule has 0 N–H and O–H groups in total. The Hall–Kier alpha value is -5.72. The van der Waals surface area contributed by atoms with Gasteiger partial charge in [0, 0.05) is 44.4 Å². The minimum Gasteiger partial charge on any atom is -0.455 e. The van der Waals surface area contributed by atoms with Gasteiger partial charge in [-0.05, 0) is 71.5 Å². The van der Waals surface area contributed by atoms with Gasteiger partial charge in [0.05, 0.1) is 23.3 Å². The van der Waals surface area contributed by atoms with Crippen molar-refractivity contribution in [2.75, 3.05) is 0 Å². The van der Waals surface area contributed by atoms with Crippen LogP contribution in [-0.4, -0.2) is 4.57 Å². The van der Waals surface area contributed by atoms with Gasteiger partial charge in [-0.1, -0.05) is 75.6 Å². The zero-order chi connectivity index (χ0) is 31.9. The largest absolute Gasteiger partial charge is 0.455 e. The van der Waals surface area contributed by atoms with E-state index in [9.17, 15) is 20.1 Å². The first-order valence-corrected chi connectivity index (χ1v) is 15.8. The molecule has 0 saturated heterocycles. The van der Waals surface area contributed by atoms with Gasteiger partial charge in [0.2, 0.25) is 0 Å². The Morgan fingerprint density at radius 1 is 0.717 bits per heavy atom. The average Bonchev–Trinajstić information content (AvgIpc) is 3.11. The van der Waals surface area contributed by atoms with Gasteiger partial charge in [0.15, 0.2) is 0 Å². The number of hydrogen-bond acceptors (Lipinski definition) is 5. The molecule has 0 spiro atoms. The quantitative estimate of drug-likeness (QED) is 0.128. The maximum absolute atomic E-state index is 14.4. The Labute approximate surface area is 265 Å². The number of aromatic nitrogens is 1. The molecule has 0 aliphatic heterocycles. The van der Waals surface area contributed by atoms with E-state index in [0.29, 0.717) is 55.9 Å². The SMILES string of the molecule is CCCCC(CC)Cn1c(=O)c2cc(-c3ccc(C#N)cc3)c3oc4ccccc4c4c(-c5ccc(C#N)cc5)cc(c1=O)c2c34. The van der Waals surface area contributed by atoms with Crippen LogP contribution in [0.4, 0.5) is 0 Å². The van der Waals surface area contributed by atoms with Gasteiger partial charge in [-0.25, -0.2) is 0 Å². The predicted molar refractivity (Wildman–Crippen MR) is 184 cm³/mol. The molecule has 5 aromatic carbocycles. The van der Waals surface area contributed by atoms with E-state index in [1.165, 1.54) is 4.57 Å². The van der Waals surface area contributed by atoms with Crippen LogP contribution in [0.15, 0.2) is 98.9 Å². The first kappa shape index (κ1) is 29.0. The Balaban J connectivity index is 1.68. The van der Waals surface area contributed by atoms with Crippen molar-refractivity contribution < 1.29 is 4.42 Å². The van der Waals surface area contributed by atoms with E-state index >= 15 is 0 Å². The van der Waals surface area contributed by atoms with Crippen molar-refractivity contribution in [3.63, 3.8) is 0 Å². The highest BCUT2D eigenvalue weighted by Crippen LogP contribution is 2.46. The van der Waals surface area contributed by atoms with E-state index < -0.39 is 0 Å². The second-order valence-corrected chi connectivity index (χ2v) is 12.0. The van der Waals surface area contributed by atoms with E-state index in [-0.39, 0.29) is 17.0 Å². The smallest absolute Gasteiger partial charge is 0.261 e. The summed E-state index contributed by atoms with van der Waals surface area (Å²) in [6, 6.07) is 30.5. The summed E-state index contributed by atoms with van der Waals surface area (Å²) in [5.41, 5.74) is 4.90. The number of para-hydroxylation sites is 1. The highest BCUT2D eigenvalue weighted by Gasteiger charge is 2.25. The van der Waals surface area contributed by atoms with Crippen LogP contribution in [0, 0.1) is 28.6 Å².